The van der Waals surface area contributed by atoms with Crippen LogP contribution in [0, 0.1) is 0 Å². The fourth-order valence-electron chi connectivity index (χ4n) is 2.02. The molecule has 3 nitrogen and oxygen atoms in total. The SMILES string of the molecule is C[C@]1(O)CC(=O)O[C@H](/C=C/c2ccc(Cl)cc2Cl)C1. The Labute approximate surface area is 121 Å². The maximum absolute atomic E-state index is 11.4. The predicted molar refractivity (Wildman–Crippen MR) is 75.2 cm³/mol. The number of benzene rings is 1. The molecule has 5 heteroatoms. The third kappa shape index (κ3) is 3.96. The van der Waals surface area contributed by atoms with Crippen LogP contribution >= 0.6 is 23.2 Å². The van der Waals surface area contributed by atoms with Gasteiger partial charge in [-0.25, -0.2) is 0 Å². The van der Waals surface area contributed by atoms with Crippen LogP contribution in [0.1, 0.15) is 25.3 Å². The highest BCUT2D eigenvalue weighted by Gasteiger charge is 2.34. The van der Waals surface area contributed by atoms with E-state index in [1.54, 1.807) is 37.3 Å². The quantitative estimate of drug-likeness (QED) is 0.851. The molecule has 0 radical (unpaired) electrons. The lowest BCUT2D eigenvalue weighted by Gasteiger charge is -2.31. The van der Waals surface area contributed by atoms with Crippen LogP contribution in [0.2, 0.25) is 10.0 Å². The van der Waals surface area contributed by atoms with Crippen LogP contribution in [0.5, 0.6) is 0 Å². The highest BCUT2D eigenvalue weighted by molar-refractivity contribution is 6.35. The van der Waals surface area contributed by atoms with Gasteiger partial charge in [-0.05, 0) is 30.7 Å². The number of rotatable bonds is 2. The number of esters is 1. The summed E-state index contributed by atoms with van der Waals surface area (Å²) in [6, 6.07) is 5.16. The number of hydrogen-bond acceptors (Lipinski definition) is 3. The van der Waals surface area contributed by atoms with E-state index in [9.17, 15) is 9.90 Å². The third-order valence-corrected chi connectivity index (χ3v) is 3.46. The molecule has 19 heavy (non-hydrogen) atoms. The van der Waals surface area contributed by atoms with Gasteiger partial charge >= 0.3 is 5.97 Å². The van der Waals surface area contributed by atoms with Gasteiger partial charge in [0.1, 0.15) is 6.10 Å². The van der Waals surface area contributed by atoms with Gasteiger partial charge in [0.05, 0.1) is 12.0 Å². The van der Waals surface area contributed by atoms with Crippen molar-refractivity contribution in [3.63, 3.8) is 0 Å². The molecule has 0 aliphatic carbocycles. The molecule has 1 saturated heterocycles. The van der Waals surface area contributed by atoms with E-state index in [1.165, 1.54) is 0 Å². The summed E-state index contributed by atoms with van der Waals surface area (Å²) >= 11 is 11.9. The molecule has 0 saturated carbocycles. The first-order valence-electron chi connectivity index (χ1n) is 5.91. The lowest BCUT2D eigenvalue weighted by atomic mass is 9.92. The minimum absolute atomic E-state index is 0.0268. The lowest BCUT2D eigenvalue weighted by Crippen LogP contribution is -2.40. The molecule has 1 N–H and O–H groups in total. The molecular formula is C14H14Cl2O3. The van der Waals surface area contributed by atoms with Gasteiger partial charge in [-0.1, -0.05) is 35.3 Å². The Kier molecular flexibility index (Phi) is 4.19. The standard InChI is InChI=1S/C14H14Cl2O3/c1-14(18)7-11(19-13(17)8-14)5-3-9-2-4-10(15)6-12(9)16/h2-6,11,18H,7-8H2,1H3/b5-3+/t11-,14-/m1/s1. The van der Waals surface area contributed by atoms with Crippen LogP contribution in [-0.4, -0.2) is 22.8 Å². The van der Waals surface area contributed by atoms with Crippen molar-refractivity contribution in [2.75, 3.05) is 0 Å². The fourth-order valence-corrected chi connectivity index (χ4v) is 2.50. The van der Waals surface area contributed by atoms with E-state index in [-0.39, 0.29) is 6.42 Å². The van der Waals surface area contributed by atoms with Crippen molar-refractivity contribution in [3.8, 4) is 0 Å². The number of carbonyl (C=O) groups excluding carboxylic acids is 1. The zero-order chi connectivity index (χ0) is 14.0. The maximum atomic E-state index is 11.4. The Balaban J connectivity index is 2.12. The second kappa shape index (κ2) is 5.53. The van der Waals surface area contributed by atoms with E-state index in [2.05, 4.69) is 0 Å². The smallest absolute Gasteiger partial charge is 0.309 e. The van der Waals surface area contributed by atoms with Crippen molar-refractivity contribution >= 4 is 35.2 Å². The average Bonchev–Trinajstić information content (AvgIpc) is 2.25. The third-order valence-electron chi connectivity index (χ3n) is 2.90. The zero-order valence-electron chi connectivity index (χ0n) is 10.4. The number of cyclic esters (lactones) is 1. The van der Waals surface area contributed by atoms with Crippen LogP contribution in [0.15, 0.2) is 24.3 Å². The van der Waals surface area contributed by atoms with Gasteiger partial charge in [0, 0.05) is 16.5 Å². The molecule has 102 valence electrons. The summed E-state index contributed by atoms with van der Waals surface area (Å²) in [6.45, 7) is 1.63. The molecule has 1 aromatic carbocycles. The molecule has 1 aromatic rings. The molecule has 0 bridgehead atoms. The second-order valence-corrected chi connectivity index (χ2v) is 5.77. The summed E-state index contributed by atoms with van der Waals surface area (Å²) in [5, 5.41) is 11.0. The Hall–Kier alpha value is -1.03. The first-order chi connectivity index (χ1) is 8.85. The first kappa shape index (κ1) is 14.4. The molecule has 0 unspecified atom stereocenters. The zero-order valence-corrected chi connectivity index (χ0v) is 11.9. The second-order valence-electron chi connectivity index (χ2n) is 4.93. The minimum Gasteiger partial charge on any atom is -0.458 e. The molecule has 0 spiro atoms. The average molecular weight is 301 g/mol. The van der Waals surface area contributed by atoms with E-state index in [1.807, 2.05) is 0 Å². The summed E-state index contributed by atoms with van der Waals surface area (Å²) < 4.78 is 5.15. The topological polar surface area (TPSA) is 46.5 Å². The van der Waals surface area contributed by atoms with Crippen LogP contribution in [0.4, 0.5) is 0 Å². The van der Waals surface area contributed by atoms with E-state index in [0.717, 1.165) is 5.56 Å². The Morgan fingerprint density at radius 2 is 2.21 bits per heavy atom. The predicted octanol–water partition coefficient (Wildman–Crippen LogP) is 3.46. The summed E-state index contributed by atoms with van der Waals surface area (Å²) in [7, 11) is 0. The Morgan fingerprint density at radius 3 is 2.84 bits per heavy atom. The van der Waals surface area contributed by atoms with Crippen molar-refractivity contribution in [2.45, 2.75) is 31.5 Å². The molecule has 1 fully saturated rings. The van der Waals surface area contributed by atoms with E-state index in [4.69, 9.17) is 27.9 Å². The normalized spacial score (nSPS) is 27.6. The molecule has 1 aliphatic heterocycles. The maximum Gasteiger partial charge on any atom is 0.309 e. The number of ether oxygens (including phenoxy) is 1. The van der Waals surface area contributed by atoms with Gasteiger partial charge in [0.25, 0.3) is 0 Å². The van der Waals surface area contributed by atoms with Crippen LogP contribution in [0.25, 0.3) is 6.08 Å². The van der Waals surface area contributed by atoms with Gasteiger partial charge in [0.15, 0.2) is 0 Å². The lowest BCUT2D eigenvalue weighted by molar-refractivity contribution is -0.163. The highest BCUT2D eigenvalue weighted by Crippen LogP contribution is 2.27. The molecule has 2 atom stereocenters. The number of hydrogen-bond donors (Lipinski definition) is 1. The molecule has 2 rings (SSSR count). The van der Waals surface area contributed by atoms with Gasteiger partial charge in [0.2, 0.25) is 0 Å². The molecule has 1 heterocycles. The molecular weight excluding hydrogens is 287 g/mol. The Bertz CT molecular complexity index is 523. The summed E-state index contributed by atoms with van der Waals surface area (Å²) in [6.07, 6.45) is 3.45. The highest BCUT2D eigenvalue weighted by atomic mass is 35.5. The van der Waals surface area contributed by atoms with Crippen LogP contribution in [-0.2, 0) is 9.53 Å². The fraction of sp³-hybridized carbons (Fsp3) is 0.357. The monoisotopic (exact) mass is 300 g/mol. The largest absolute Gasteiger partial charge is 0.458 e. The number of carbonyl (C=O) groups is 1. The van der Waals surface area contributed by atoms with Gasteiger partial charge in [-0.3, -0.25) is 4.79 Å². The minimum atomic E-state index is -1.02. The van der Waals surface area contributed by atoms with Crippen LogP contribution < -0.4 is 0 Å². The number of halogens is 2. The van der Waals surface area contributed by atoms with Gasteiger partial charge < -0.3 is 9.84 Å². The molecule has 0 amide bonds. The van der Waals surface area contributed by atoms with E-state index >= 15 is 0 Å². The molecule has 0 aromatic heterocycles. The van der Waals surface area contributed by atoms with Gasteiger partial charge in [-0.2, -0.15) is 0 Å². The number of aliphatic hydroxyl groups is 1. The summed E-state index contributed by atoms with van der Waals surface area (Å²) in [5.74, 6) is -0.395. The van der Waals surface area contributed by atoms with Crippen LogP contribution in [0.3, 0.4) is 0 Å². The van der Waals surface area contributed by atoms with Gasteiger partial charge in [-0.15, -0.1) is 0 Å². The first-order valence-corrected chi connectivity index (χ1v) is 6.66. The van der Waals surface area contributed by atoms with E-state index in [0.29, 0.717) is 16.5 Å². The molecule has 1 aliphatic rings. The van der Waals surface area contributed by atoms with Crippen molar-refractivity contribution in [2.24, 2.45) is 0 Å². The summed E-state index contributed by atoms with van der Waals surface area (Å²) in [5.41, 5.74) is -0.235. The van der Waals surface area contributed by atoms with Crippen molar-refractivity contribution in [3.05, 3.63) is 39.9 Å². The van der Waals surface area contributed by atoms with Crippen molar-refractivity contribution < 1.29 is 14.6 Å². The Morgan fingerprint density at radius 1 is 1.47 bits per heavy atom. The summed E-state index contributed by atoms with van der Waals surface area (Å²) in [4.78, 5) is 11.4. The van der Waals surface area contributed by atoms with Crippen molar-refractivity contribution in [1.82, 2.24) is 0 Å². The van der Waals surface area contributed by atoms with E-state index < -0.39 is 17.7 Å². The van der Waals surface area contributed by atoms with Crippen molar-refractivity contribution in [1.29, 1.82) is 0 Å².